The first-order chi connectivity index (χ1) is 12.6. The van der Waals surface area contributed by atoms with Crippen molar-refractivity contribution in [3.63, 3.8) is 0 Å². The molecule has 0 atom stereocenters. The largest absolute Gasteiger partial charge is 0.462 e. The zero-order chi connectivity index (χ0) is 18.9. The number of aliphatic hydroxyl groups excluding tert-OH is 1. The summed E-state index contributed by atoms with van der Waals surface area (Å²) in [5.41, 5.74) is 6.81. The molecule has 0 unspecified atom stereocenters. The van der Waals surface area contributed by atoms with Gasteiger partial charge in [0.05, 0.1) is 13.2 Å². The lowest BCUT2D eigenvalue weighted by Gasteiger charge is -2.13. The number of esters is 1. The van der Waals surface area contributed by atoms with Gasteiger partial charge in [0.1, 0.15) is 0 Å². The fraction of sp³-hybridized carbons (Fsp3) is 0.348. The van der Waals surface area contributed by atoms with Gasteiger partial charge in [-0.2, -0.15) is 0 Å². The van der Waals surface area contributed by atoms with Crippen molar-refractivity contribution < 1.29 is 14.6 Å². The van der Waals surface area contributed by atoms with Gasteiger partial charge in [0, 0.05) is 12.5 Å². The minimum Gasteiger partial charge on any atom is -0.462 e. The molecule has 1 N–H and O–H groups in total. The molecule has 0 fully saturated rings. The van der Waals surface area contributed by atoms with E-state index >= 15 is 0 Å². The van der Waals surface area contributed by atoms with Crippen LogP contribution in [0.5, 0.6) is 0 Å². The van der Waals surface area contributed by atoms with Crippen molar-refractivity contribution in [3.05, 3.63) is 70.8 Å². The SMILES string of the molecule is C/C=C/C(=O)OCCc1cc(-c2ccc(CCC)cc2C)ccc1CO. The molecular formula is C23H28O3. The maximum absolute atomic E-state index is 11.4. The van der Waals surface area contributed by atoms with Crippen LogP contribution in [0.4, 0.5) is 0 Å². The van der Waals surface area contributed by atoms with Crippen LogP contribution in [0.3, 0.4) is 0 Å². The molecule has 26 heavy (non-hydrogen) atoms. The van der Waals surface area contributed by atoms with Crippen molar-refractivity contribution in [1.82, 2.24) is 0 Å². The van der Waals surface area contributed by atoms with E-state index in [4.69, 9.17) is 4.74 Å². The van der Waals surface area contributed by atoms with Crippen LogP contribution in [-0.4, -0.2) is 17.7 Å². The summed E-state index contributed by atoms with van der Waals surface area (Å²) >= 11 is 0. The second-order valence-corrected chi connectivity index (χ2v) is 6.46. The van der Waals surface area contributed by atoms with Crippen molar-refractivity contribution in [3.8, 4) is 11.1 Å². The summed E-state index contributed by atoms with van der Waals surface area (Å²) in [4.78, 5) is 11.4. The van der Waals surface area contributed by atoms with Crippen LogP contribution in [0.2, 0.25) is 0 Å². The fourth-order valence-electron chi connectivity index (χ4n) is 3.12. The monoisotopic (exact) mass is 352 g/mol. The molecule has 0 bridgehead atoms. The van der Waals surface area contributed by atoms with E-state index in [-0.39, 0.29) is 12.6 Å². The molecule has 0 saturated heterocycles. The standard InChI is InChI=1S/C23H28O3/c1-4-6-18-8-11-22(17(3)14-18)20-9-10-21(16-24)19(15-20)12-13-26-23(25)7-5-2/h5,7-11,14-15,24H,4,6,12-13,16H2,1-3H3/b7-5+. The summed E-state index contributed by atoms with van der Waals surface area (Å²) < 4.78 is 5.19. The van der Waals surface area contributed by atoms with E-state index in [0.29, 0.717) is 13.0 Å². The fourth-order valence-corrected chi connectivity index (χ4v) is 3.12. The molecule has 0 amide bonds. The van der Waals surface area contributed by atoms with E-state index in [1.54, 1.807) is 13.0 Å². The van der Waals surface area contributed by atoms with Crippen LogP contribution in [-0.2, 0) is 29.0 Å². The van der Waals surface area contributed by atoms with Crippen molar-refractivity contribution >= 4 is 5.97 Å². The predicted octanol–water partition coefficient (Wildman–Crippen LogP) is 4.77. The average Bonchev–Trinajstić information content (AvgIpc) is 2.62. The lowest BCUT2D eigenvalue weighted by molar-refractivity contribution is -0.137. The Morgan fingerprint density at radius 3 is 2.58 bits per heavy atom. The third-order valence-corrected chi connectivity index (χ3v) is 4.44. The van der Waals surface area contributed by atoms with Gasteiger partial charge in [-0.05, 0) is 53.6 Å². The number of aliphatic hydroxyl groups is 1. The number of rotatable bonds is 8. The Morgan fingerprint density at radius 2 is 1.92 bits per heavy atom. The Balaban J connectivity index is 2.21. The zero-order valence-corrected chi connectivity index (χ0v) is 15.9. The van der Waals surface area contributed by atoms with E-state index in [1.165, 1.54) is 22.8 Å². The average molecular weight is 352 g/mol. The molecule has 0 spiro atoms. The predicted molar refractivity (Wildman–Crippen MR) is 106 cm³/mol. The van der Waals surface area contributed by atoms with E-state index < -0.39 is 0 Å². The molecular weight excluding hydrogens is 324 g/mol. The van der Waals surface area contributed by atoms with Gasteiger partial charge in [-0.25, -0.2) is 4.79 Å². The van der Waals surface area contributed by atoms with Crippen LogP contribution in [0.1, 0.15) is 42.5 Å². The van der Waals surface area contributed by atoms with Crippen molar-refractivity contribution in [2.24, 2.45) is 0 Å². The molecule has 0 aromatic heterocycles. The Kier molecular flexibility index (Phi) is 7.61. The Labute approximate surface area is 156 Å². The lowest BCUT2D eigenvalue weighted by Crippen LogP contribution is -2.06. The summed E-state index contributed by atoms with van der Waals surface area (Å²) in [6.07, 6.45) is 5.88. The first kappa shape index (κ1) is 19.9. The first-order valence-electron chi connectivity index (χ1n) is 9.21. The third-order valence-electron chi connectivity index (χ3n) is 4.44. The molecule has 0 aliphatic rings. The molecule has 3 heteroatoms. The summed E-state index contributed by atoms with van der Waals surface area (Å²) in [7, 11) is 0. The Morgan fingerprint density at radius 1 is 1.12 bits per heavy atom. The Bertz CT molecular complexity index is 775. The highest BCUT2D eigenvalue weighted by molar-refractivity contribution is 5.81. The van der Waals surface area contributed by atoms with Crippen LogP contribution >= 0.6 is 0 Å². The topological polar surface area (TPSA) is 46.5 Å². The molecule has 0 saturated carbocycles. The number of hydrogen-bond acceptors (Lipinski definition) is 3. The molecule has 0 radical (unpaired) electrons. The minimum atomic E-state index is -0.337. The molecule has 0 aliphatic carbocycles. The second kappa shape index (κ2) is 9.93. The summed E-state index contributed by atoms with van der Waals surface area (Å²) in [6.45, 7) is 6.38. The van der Waals surface area contributed by atoms with Gasteiger partial charge in [-0.3, -0.25) is 0 Å². The maximum Gasteiger partial charge on any atom is 0.330 e. The van der Waals surface area contributed by atoms with Gasteiger partial charge in [-0.15, -0.1) is 0 Å². The van der Waals surface area contributed by atoms with Crippen LogP contribution in [0, 0.1) is 6.92 Å². The number of carbonyl (C=O) groups excluding carboxylic acids is 1. The van der Waals surface area contributed by atoms with Crippen LogP contribution < -0.4 is 0 Å². The molecule has 138 valence electrons. The number of hydrogen-bond donors (Lipinski definition) is 1. The van der Waals surface area contributed by atoms with Gasteiger partial charge in [0.25, 0.3) is 0 Å². The quantitative estimate of drug-likeness (QED) is 0.550. The number of carbonyl (C=O) groups is 1. The first-order valence-corrected chi connectivity index (χ1v) is 9.21. The van der Waals surface area contributed by atoms with Gasteiger partial charge < -0.3 is 9.84 Å². The molecule has 2 rings (SSSR count). The molecule has 0 heterocycles. The summed E-state index contributed by atoms with van der Waals surface area (Å²) in [6, 6.07) is 12.7. The van der Waals surface area contributed by atoms with Crippen molar-refractivity contribution in [1.29, 1.82) is 0 Å². The number of aryl methyl sites for hydroxylation is 2. The van der Waals surface area contributed by atoms with E-state index in [9.17, 15) is 9.90 Å². The highest BCUT2D eigenvalue weighted by Crippen LogP contribution is 2.27. The van der Waals surface area contributed by atoms with Crippen LogP contribution in [0.15, 0.2) is 48.6 Å². The second-order valence-electron chi connectivity index (χ2n) is 6.46. The summed E-state index contributed by atoms with van der Waals surface area (Å²) in [5.74, 6) is -0.337. The summed E-state index contributed by atoms with van der Waals surface area (Å²) in [5, 5.41) is 9.60. The minimum absolute atomic E-state index is 0.0210. The third kappa shape index (κ3) is 5.30. The van der Waals surface area contributed by atoms with Crippen molar-refractivity contribution in [2.75, 3.05) is 6.61 Å². The lowest BCUT2D eigenvalue weighted by atomic mass is 9.93. The molecule has 2 aromatic carbocycles. The smallest absolute Gasteiger partial charge is 0.330 e. The van der Waals surface area contributed by atoms with E-state index in [2.05, 4.69) is 38.1 Å². The number of ether oxygens (including phenoxy) is 1. The van der Waals surface area contributed by atoms with E-state index in [1.807, 2.05) is 12.1 Å². The Hall–Kier alpha value is -2.39. The maximum atomic E-state index is 11.4. The molecule has 0 aliphatic heterocycles. The molecule has 3 nitrogen and oxygen atoms in total. The van der Waals surface area contributed by atoms with Gasteiger partial charge in [0.15, 0.2) is 0 Å². The van der Waals surface area contributed by atoms with Crippen LogP contribution in [0.25, 0.3) is 11.1 Å². The van der Waals surface area contributed by atoms with Gasteiger partial charge >= 0.3 is 5.97 Å². The highest BCUT2D eigenvalue weighted by Gasteiger charge is 2.09. The molecule has 2 aromatic rings. The normalized spacial score (nSPS) is 11.1. The highest BCUT2D eigenvalue weighted by atomic mass is 16.5. The van der Waals surface area contributed by atoms with Gasteiger partial charge in [0.2, 0.25) is 0 Å². The number of benzene rings is 2. The number of allylic oxidation sites excluding steroid dienone is 1. The zero-order valence-electron chi connectivity index (χ0n) is 15.9. The van der Waals surface area contributed by atoms with Crippen molar-refractivity contribution in [2.45, 2.75) is 46.6 Å². The van der Waals surface area contributed by atoms with E-state index in [0.717, 1.165) is 29.5 Å². The van der Waals surface area contributed by atoms with Gasteiger partial charge in [-0.1, -0.05) is 55.8 Å².